The first-order valence-corrected chi connectivity index (χ1v) is 6.36. The fourth-order valence-electron chi connectivity index (χ4n) is 2.33. The second-order valence-electron chi connectivity index (χ2n) is 5.18. The van der Waals surface area contributed by atoms with Gasteiger partial charge in [0.05, 0.1) is 5.92 Å². The number of amides is 2. The van der Waals surface area contributed by atoms with Gasteiger partial charge in [-0.05, 0) is 38.5 Å². The molecule has 1 unspecified atom stereocenters. The molecule has 2 N–H and O–H groups in total. The lowest BCUT2D eigenvalue weighted by molar-refractivity contribution is -0.143. The molecule has 1 saturated carbocycles. The quantitative estimate of drug-likeness (QED) is 0.781. The molecule has 17 heavy (non-hydrogen) atoms. The van der Waals surface area contributed by atoms with E-state index in [2.05, 4.69) is 5.32 Å². The van der Waals surface area contributed by atoms with Crippen molar-refractivity contribution in [1.29, 1.82) is 0 Å². The van der Waals surface area contributed by atoms with Gasteiger partial charge in [0.15, 0.2) is 0 Å². The average molecular weight is 240 g/mol. The first kappa shape index (κ1) is 12.2. The zero-order valence-corrected chi connectivity index (χ0v) is 10.2. The molecular weight excluding hydrogens is 220 g/mol. The minimum absolute atomic E-state index is 0.0340. The molecule has 2 fully saturated rings. The maximum Gasteiger partial charge on any atom is 0.317 e. The number of piperidine rings is 1. The van der Waals surface area contributed by atoms with Gasteiger partial charge in [-0.3, -0.25) is 4.79 Å². The van der Waals surface area contributed by atoms with Crippen LogP contribution in [0.3, 0.4) is 0 Å². The number of carbonyl (C=O) groups excluding carboxylic acids is 1. The van der Waals surface area contributed by atoms with Gasteiger partial charge in [-0.1, -0.05) is 0 Å². The summed E-state index contributed by atoms with van der Waals surface area (Å²) in [5.41, 5.74) is 0. The fraction of sp³-hybridized carbons (Fsp3) is 0.833. The Morgan fingerprint density at radius 1 is 1.24 bits per heavy atom. The van der Waals surface area contributed by atoms with Crippen LogP contribution in [0.1, 0.15) is 32.6 Å². The lowest BCUT2D eigenvalue weighted by atomic mass is 9.97. The molecule has 0 aromatic rings. The highest BCUT2D eigenvalue weighted by Crippen LogP contribution is 2.32. The molecule has 0 aromatic carbocycles. The maximum atomic E-state index is 11.9. The average Bonchev–Trinajstić information content (AvgIpc) is 3.12. The van der Waals surface area contributed by atoms with Crippen molar-refractivity contribution in [3.05, 3.63) is 0 Å². The van der Waals surface area contributed by atoms with Crippen LogP contribution in [0.25, 0.3) is 0 Å². The topological polar surface area (TPSA) is 69.6 Å². The molecule has 1 aliphatic carbocycles. The van der Waals surface area contributed by atoms with Crippen molar-refractivity contribution < 1.29 is 14.7 Å². The van der Waals surface area contributed by atoms with Crippen molar-refractivity contribution in [2.75, 3.05) is 13.1 Å². The van der Waals surface area contributed by atoms with Crippen molar-refractivity contribution in [1.82, 2.24) is 10.2 Å². The molecule has 0 aromatic heterocycles. The number of nitrogens with zero attached hydrogens (tertiary/aromatic N) is 1. The van der Waals surface area contributed by atoms with Crippen molar-refractivity contribution in [2.45, 2.75) is 38.6 Å². The van der Waals surface area contributed by atoms with E-state index >= 15 is 0 Å². The minimum Gasteiger partial charge on any atom is -0.481 e. The molecule has 0 spiro atoms. The number of carbonyl (C=O) groups is 2. The van der Waals surface area contributed by atoms with Gasteiger partial charge >= 0.3 is 12.0 Å². The smallest absolute Gasteiger partial charge is 0.317 e. The minimum atomic E-state index is -0.739. The van der Waals surface area contributed by atoms with Crippen LogP contribution < -0.4 is 5.32 Å². The van der Waals surface area contributed by atoms with Gasteiger partial charge in [0, 0.05) is 19.1 Å². The SMILES string of the molecule is CC(NC(=O)N1CCC(C(=O)O)CC1)C1CC1. The van der Waals surface area contributed by atoms with Crippen LogP contribution in [0.15, 0.2) is 0 Å². The van der Waals surface area contributed by atoms with Gasteiger partial charge in [0.2, 0.25) is 0 Å². The van der Waals surface area contributed by atoms with E-state index in [9.17, 15) is 9.59 Å². The summed E-state index contributed by atoms with van der Waals surface area (Å²) < 4.78 is 0. The molecule has 0 bridgehead atoms. The molecule has 2 amide bonds. The molecule has 5 heteroatoms. The number of hydrogen-bond acceptors (Lipinski definition) is 2. The highest BCUT2D eigenvalue weighted by molar-refractivity contribution is 5.75. The Labute approximate surface area is 101 Å². The van der Waals surface area contributed by atoms with Crippen LogP contribution in [-0.4, -0.2) is 41.1 Å². The number of rotatable bonds is 3. The zero-order chi connectivity index (χ0) is 12.4. The van der Waals surface area contributed by atoms with Crippen LogP contribution in [0.5, 0.6) is 0 Å². The van der Waals surface area contributed by atoms with Gasteiger partial charge in [-0.25, -0.2) is 4.79 Å². The summed E-state index contributed by atoms with van der Waals surface area (Å²) in [5.74, 6) is -0.369. The Balaban J connectivity index is 1.75. The molecule has 2 rings (SSSR count). The van der Waals surface area contributed by atoms with Crippen molar-refractivity contribution in [2.24, 2.45) is 11.8 Å². The van der Waals surface area contributed by atoms with Gasteiger partial charge in [-0.15, -0.1) is 0 Å². The van der Waals surface area contributed by atoms with Crippen LogP contribution >= 0.6 is 0 Å². The molecule has 5 nitrogen and oxygen atoms in total. The van der Waals surface area contributed by atoms with Crippen molar-refractivity contribution >= 4 is 12.0 Å². The molecule has 1 atom stereocenters. The van der Waals surface area contributed by atoms with Crippen LogP contribution in [-0.2, 0) is 4.79 Å². The number of hydrogen-bond donors (Lipinski definition) is 2. The summed E-state index contributed by atoms with van der Waals surface area (Å²) >= 11 is 0. The van der Waals surface area contributed by atoms with Gasteiger partial charge in [0.25, 0.3) is 0 Å². The van der Waals surface area contributed by atoms with E-state index in [0.717, 1.165) is 0 Å². The summed E-state index contributed by atoms with van der Waals surface area (Å²) in [6.07, 6.45) is 3.56. The normalized spacial score (nSPS) is 23.2. The van der Waals surface area contributed by atoms with E-state index in [1.54, 1.807) is 4.90 Å². The molecule has 96 valence electrons. The lowest BCUT2D eigenvalue weighted by Gasteiger charge is -2.31. The predicted molar refractivity (Wildman–Crippen MR) is 62.7 cm³/mol. The van der Waals surface area contributed by atoms with E-state index in [-0.39, 0.29) is 18.0 Å². The predicted octanol–water partition coefficient (Wildman–Crippen LogP) is 1.29. The first-order chi connectivity index (χ1) is 8.08. The first-order valence-electron chi connectivity index (χ1n) is 6.36. The largest absolute Gasteiger partial charge is 0.481 e. The standard InChI is InChI=1S/C12H20N2O3/c1-8(9-2-3-9)13-12(17)14-6-4-10(5-7-14)11(15)16/h8-10H,2-7H2,1H3,(H,13,17)(H,15,16). The number of nitrogens with one attached hydrogen (secondary N) is 1. The number of likely N-dealkylation sites (tertiary alicyclic amines) is 1. The van der Waals surface area contributed by atoms with Gasteiger partial charge < -0.3 is 15.3 Å². The summed E-state index contributed by atoms with van der Waals surface area (Å²) in [5, 5.41) is 11.9. The maximum absolute atomic E-state index is 11.9. The number of urea groups is 1. The Morgan fingerprint density at radius 2 is 1.82 bits per heavy atom. The summed E-state index contributed by atoms with van der Waals surface area (Å²) in [4.78, 5) is 24.4. The van der Waals surface area contributed by atoms with Crippen LogP contribution in [0.4, 0.5) is 4.79 Å². The highest BCUT2D eigenvalue weighted by atomic mass is 16.4. The molecule has 2 aliphatic rings. The molecule has 0 radical (unpaired) electrons. The fourth-order valence-corrected chi connectivity index (χ4v) is 2.33. The zero-order valence-electron chi connectivity index (χ0n) is 10.2. The molecular formula is C12H20N2O3. The lowest BCUT2D eigenvalue weighted by Crippen LogP contribution is -2.48. The van der Waals surface area contributed by atoms with Gasteiger partial charge in [0.1, 0.15) is 0 Å². The number of aliphatic carboxylic acids is 1. The summed E-state index contributed by atoms with van der Waals surface area (Å²) in [6, 6.07) is 0.216. The third kappa shape index (κ3) is 3.11. The number of carboxylic acid groups (broad SMARTS) is 1. The molecule has 1 aliphatic heterocycles. The van der Waals surface area contributed by atoms with Gasteiger partial charge in [-0.2, -0.15) is 0 Å². The molecule has 1 heterocycles. The van der Waals surface area contributed by atoms with E-state index in [1.807, 2.05) is 6.92 Å². The van der Waals surface area contributed by atoms with Crippen molar-refractivity contribution in [3.8, 4) is 0 Å². The number of carboxylic acids is 1. The summed E-state index contributed by atoms with van der Waals surface area (Å²) in [7, 11) is 0. The van der Waals surface area contributed by atoms with Crippen LogP contribution in [0, 0.1) is 11.8 Å². The monoisotopic (exact) mass is 240 g/mol. The Hall–Kier alpha value is -1.26. The second-order valence-corrected chi connectivity index (χ2v) is 5.18. The van der Waals surface area contributed by atoms with Crippen molar-refractivity contribution in [3.63, 3.8) is 0 Å². The van der Waals surface area contributed by atoms with Crippen LogP contribution in [0.2, 0.25) is 0 Å². The van der Waals surface area contributed by atoms with E-state index in [4.69, 9.17) is 5.11 Å². The molecule has 1 saturated heterocycles. The Morgan fingerprint density at radius 3 is 2.29 bits per heavy atom. The van der Waals surface area contributed by atoms with E-state index in [0.29, 0.717) is 31.8 Å². The second kappa shape index (κ2) is 4.94. The third-order valence-corrected chi connectivity index (χ3v) is 3.81. The Kier molecular flexibility index (Phi) is 3.54. The van der Waals surface area contributed by atoms with E-state index < -0.39 is 5.97 Å². The summed E-state index contributed by atoms with van der Waals surface area (Å²) in [6.45, 7) is 3.15. The Bertz CT molecular complexity index is 307. The van der Waals surface area contributed by atoms with E-state index in [1.165, 1.54) is 12.8 Å². The highest BCUT2D eigenvalue weighted by Gasteiger charge is 2.31. The third-order valence-electron chi connectivity index (χ3n) is 3.81.